The summed E-state index contributed by atoms with van der Waals surface area (Å²) in [5.74, 6) is -0.402. The van der Waals surface area contributed by atoms with Crippen molar-refractivity contribution in [1.82, 2.24) is 5.43 Å². The van der Waals surface area contributed by atoms with Gasteiger partial charge in [-0.2, -0.15) is 5.10 Å². The number of thiocarbonyl (C=S) groups is 1. The standard InChI is InChI=1S/C8H17N3O2SSi/c1-5-13-7(12)6(15(2,3)4)10-11-8(9)14/h5H2,1-4H3,(H3,9,11,14)/b10-6-. The molecule has 0 unspecified atom stereocenters. The van der Waals surface area contributed by atoms with Crippen LogP contribution in [0.5, 0.6) is 0 Å². The van der Waals surface area contributed by atoms with Gasteiger partial charge in [0.25, 0.3) is 0 Å². The van der Waals surface area contributed by atoms with Crippen LogP contribution in [-0.2, 0) is 9.53 Å². The molecule has 3 N–H and O–H groups in total. The molecule has 0 aromatic heterocycles. The van der Waals surface area contributed by atoms with Gasteiger partial charge in [0.05, 0.1) is 6.61 Å². The normalized spacial score (nSPS) is 12.1. The lowest BCUT2D eigenvalue weighted by Gasteiger charge is -2.17. The fourth-order valence-electron chi connectivity index (χ4n) is 0.830. The van der Waals surface area contributed by atoms with E-state index in [0.29, 0.717) is 11.9 Å². The van der Waals surface area contributed by atoms with Gasteiger partial charge in [-0.05, 0) is 19.1 Å². The van der Waals surface area contributed by atoms with Crippen LogP contribution in [0.3, 0.4) is 0 Å². The van der Waals surface area contributed by atoms with Gasteiger partial charge in [-0.3, -0.25) is 5.43 Å². The number of rotatable bonds is 4. The van der Waals surface area contributed by atoms with Gasteiger partial charge in [0, 0.05) is 0 Å². The third kappa shape index (κ3) is 5.48. The summed E-state index contributed by atoms with van der Waals surface area (Å²) < 4.78 is 4.90. The van der Waals surface area contributed by atoms with Crippen LogP contribution in [0.15, 0.2) is 5.10 Å². The maximum atomic E-state index is 11.6. The van der Waals surface area contributed by atoms with E-state index in [1.807, 2.05) is 19.6 Å². The lowest BCUT2D eigenvalue weighted by molar-refractivity contribution is -0.134. The Bertz CT molecular complexity index is 286. The Balaban J connectivity index is 4.81. The van der Waals surface area contributed by atoms with Gasteiger partial charge in [-0.1, -0.05) is 19.6 Å². The fraction of sp³-hybridized carbons (Fsp3) is 0.625. The van der Waals surface area contributed by atoms with Gasteiger partial charge in [-0.25, -0.2) is 4.79 Å². The van der Waals surface area contributed by atoms with Gasteiger partial charge < -0.3 is 10.5 Å². The van der Waals surface area contributed by atoms with Crippen molar-refractivity contribution in [1.29, 1.82) is 0 Å². The summed E-state index contributed by atoms with van der Waals surface area (Å²) in [7, 11) is -1.86. The predicted molar refractivity (Wildman–Crippen MR) is 67.3 cm³/mol. The zero-order valence-electron chi connectivity index (χ0n) is 9.46. The zero-order valence-corrected chi connectivity index (χ0v) is 11.3. The monoisotopic (exact) mass is 247 g/mol. The highest BCUT2D eigenvalue weighted by Gasteiger charge is 2.29. The maximum absolute atomic E-state index is 11.6. The van der Waals surface area contributed by atoms with E-state index < -0.39 is 14.0 Å². The molecule has 0 bridgehead atoms. The van der Waals surface area contributed by atoms with Crippen molar-refractivity contribution in [3.05, 3.63) is 0 Å². The summed E-state index contributed by atoms with van der Waals surface area (Å²) >= 11 is 4.61. The number of ether oxygens (including phenoxy) is 1. The highest BCUT2D eigenvalue weighted by atomic mass is 32.1. The molecule has 0 aliphatic rings. The van der Waals surface area contributed by atoms with Crippen molar-refractivity contribution < 1.29 is 9.53 Å². The molecule has 5 nitrogen and oxygen atoms in total. The molecule has 0 spiro atoms. The quantitative estimate of drug-likeness (QED) is 0.250. The second kappa shape index (κ2) is 5.81. The molecule has 0 saturated carbocycles. The molecule has 15 heavy (non-hydrogen) atoms. The number of esters is 1. The van der Waals surface area contributed by atoms with Crippen LogP contribution in [0.2, 0.25) is 19.6 Å². The molecule has 0 aliphatic heterocycles. The molecule has 0 aliphatic carbocycles. The van der Waals surface area contributed by atoms with Gasteiger partial charge in [-0.15, -0.1) is 0 Å². The van der Waals surface area contributed by atoms with Crippen LogP contribution in [0.4, 0.5) is 0 Å². The van der Waals surface area contributed by atoms with Crippen molar-refractivity contribution in [2.24, 2.45) is 10.8 Å². The number of nitrogens with one attached hydrogen (secondary N) is 1. The Hall–Kier alpha value is -0.953. The smallest absolute Gasteiger partial charge is 0.349 e. The average molecular weight is 247 g/mol. The predicted octanol–water partition coefficient (Wildman–Crippen LogP) is 0.616. The lowest BCUT2D eigenvalue weighted by atomic mass is 10.7. The summed E-state index contributed by atoms with van der Waals surface area (Å²) in [6, 6.07) is 0. The van der Waals surface area contributed by atoms with Crippen LogP contribution in [0.1, 0.15) is 6.92 Å². The minimum absolute atomic E-state index is 0.0371. The van der Waals surface area contributed by atoms with Gasteiger partial charge in [0.2, 0.25) is 0 Å². The molecule has 0 fully saturated rings. The lowest BCUT2D eigenvalue weighted by Crippen LogP contribution is -2.43. The topological polar surface area (TPSA) is 76.7 Å². The van der Waals surface area contributed by atoms with Gasteiger partial charge in [0.1, 0.15) is 13.4 Å². The molecule has 0 aromatic rings. The Morgan fingerprint density at radius 3 is 2.40 bits per heavy atom. The summed E-state index contributed by atoms with van der Waals surface area (Å²) in [5.41, 5.74) is 7.66. The van der Waals surface area contributed by atoms with E-state index in [-0.39, 0.29) is 5.11 Å². The second-order valence-corrected chi connectivity index (χ2v) is 9.32. The van der Waals surface area contributed by atoms with Crippen molar-refractivity contribution in [2.45, 2.75) is 26.6 Å². The Morgan fingerprint density at radius 2 is 2.07 bits per heavy atom. The average Bonchev–Trinajstić information content (AvgIpc) is 2.01. The van der Waals surface area contributed by atoms with Crippen molar-refractivity contribution in [2.75, 3.05) is 6.61 Å². The fourth-order valence-corrected chi connectivity index (χ4v) is 1.95. The van der Waals surface area contributed by atoms with Crippen LogP contribution >= 0.6 is 12.2 Å². The number of hydrogen-bond acceptors (Lipinski definition) is 4. The van der Waals surface area contributed by atoms with Gasteiger partial charge in [0.15, 0.2) is 5.11 Å². The number of hydrogen-bond donors (Lipinski definition) is 2. The van der Waals surface area contributed by atoms with E-state index in [2.05, 4.69) is 22.7 Å². The summed E-state index contributed by atoms with van der Waals surface area (Å²) in [4.78, 5) is 11.6. The van der Waals surface area contributed by atoms with Crippen molar-refractivity contribution in [3.63, 3.8) is 0 Å². The summed E-state index contributed by atoms with van der Waals surface area (Å²) in [6.07, 6.45) is 0. The number of carbonyl (C=O) groups excluding carboxylic acids is 1. The molecule has 0 heterocycles. The molecular formula is C8H17N3O2SSi. The number of hydrazone groups is 1. The first-order chi connectivity index (χ1) is 6.79. The van der Waals surface area contributed by atoms with E-state index in [9.17, 15) is 4.79 Å². The molecule has 86 valence electrons. The second-order valence-electron chi connectivity index (χ2n) is 3.91. The van der Waals surface area contributed by atoms with Gasteiger partial charge >= 0.3 is 5.97 Å². The minimum atomic E-state index is -1.86. The maximum Gasteiger partial charge on any atom is 0.349 e. The highest BCUT2D eigenvalue weighted by Crippen LogP contribution is 2.05. The van der Waals surface area contributed by atoms with Crippen LogP contribution in [0, 0.1) is 0 Å². The molecule has 0 atom stereocenters. The highest BCUT2D eigenvalue weighted by molar-refractivity contribution is 7.80. The first-order valence-corrected chi connectivity index (χ1v) is 8.50. The van der Waals surface area contributed by atoms with E-state index in [1.165, 1.54) is 0 Å². The van der Waals surface area contributed by atoms with Crippen molar-refractivity contribution >= 4 is 36.7 Å². The van der Waals surface area contributed by atoms with E-state index in [1.54, 1.807) is 6.92 Å². The van der Waals surface area contributed by atoms with Crippen LogP contribution < -0.4 is 11.2 Å². The molecule has 0 radical (unpaired) electrons. The first-order valence-electron chi connectivity index (χ1n) is 4.59. The largest absolute Gasteiger partial charge is 0.462 e. The minimum Gasteiger partial charge on any atom is -0.462 e. The van der Waals surface area contributed by atoms with E-state index in [0.717, 1.165) is 0 Å². The van der Waals surface area contributed by atoms with Crippen LogP contribution in [0.25, 0.3) is 0 Å². The molecule has 0 aromatic carbocycles. The molecule has 0 amide bonds. The Morgan fingerprint density at radius 1 is 1.53 bits per heavy atom. The Kier molecular flexibility index (Phi) is 5.44. The number of carbonyl (C=O) groups is 1. The molecule has 7 heteroatoms. The van der Waals surface area contributed by atoms with Crippen LogP contribution in [-0.4, -0.2) is 31.1 Å². The summed E-state index contributed by atoms with van der Waals surface area (Å²) in [5, 5.41) is 4.34. The first kappa shape index (κ1) is 14.0. The van der Waals surface area contributed by atoms with Crippen molar-refractivity contribution in [3.8, 4) is 0 Å². The summed E-state index contributed by atoms with van der Waals surface area (Å²) in [6.45, 7) is 8.05. The zero-order chi connectivity index (χ0) is 12.1. The van der Waals surface area contributed by atoms with E-state index >= 15 is 0 Å². The van der Waals surface area contributed by atoms with E-state index in [4.69, 9.17) is 10.5 Å². The molecule has 0 rings (SSSR count). The number of nitrogens with zero attached hydrogens (tertiary/aromatic N) is 1. The Labute approximate surface area is 96.1 Å². The SMILES string of the molecule is CCOC(=O)/C(=N/NC(N)=S)[Si](C)(C)C. The molecular weight excluding hydrogens is 230 g/mol. The third-order valence-corrected chi connectivity index (χ3v) is 3.29. The number of nitrogens with two attached hydrogens (primary N) is 1. The molecule has 0 saturated heterocycles. The third-order valence-electron chi connectivity index (χ3n) is 1.46.